The number of piperidine rings is 1. The van der Waals surface area contributed by atoms with Crippen LogP contribution in [0, 0.1) is 17.8 Å². The van der Waals surface area contributed by atoms with Crippen LogP contribution in [-0.2, 0) is 28.0 Å². The lowest BCUT2D eigenvalue weighted by atomic mass is 9.95. The van der Waals surface area contributed by atoms with Gasteiger partial charge in [0.2, 0.25) is 5.91 Å². The number of fused-ring (bicyclic) bond motifs is 1. The van der Waals surface area contributed by atoms with Gasteiger partial charge in [-0.05, 0) is 58.4 Å². The molecule has 2 aromatic rings. The summed E-state index contributed by atoms with van der Waals surface area (Å²) >= 11 is 0. The second kappa shape index (κ2) is 6.22. The lowest BCUT2D eigenvalue weighted by Crippen LogP contribution is -2.44. The summed E-state index contributed by atoms with van der Waals surface area (Å²) in [6.07, 6.45) is 0.739. The zero-order chi connectivity index (χ0) is 21.4. The number of nitrogens with zero attached hydrogens (tertiary/aromatic N) is 3. The molecular formula is C23H30N4O3. The van der Waals surface area contributed by atoms with Crippen molar-refractivity contribution in [2.75, 3.05) is 13.1 Å². The molecule has 7 heteroatoms. The predicted molar refractivity (Wildman–Crippen MR) is 113 cm³/mol. The third-order valence-electron chi connectivity index (χ3n) is 6.62. The Balaban J connectivity index is 1.26. The summed E-state index contributed by atoms with van der Waals surface area (Å²) in [5.41, 5.74) is 2.39. The van der Waals surface area contributed by atoms with Crippen molar-refractivity contribution >= 4 is 22.9 Å². The molecule has 1 saturated carbocycles. The molecule has 2 fully saturated rings. The number of para-hydroxylation sites is 1. The lowest BCUT2D eigenvalue weighted by molar-refractivity contribution is -0.125. The number of rotatable bonds is 3. The van der Waals surface area contributed by atoms with Gasteiger partial charge in [0.05, 0.1) is 16.7 Å². The highest BCUT2D eigenvalue weighted by Gasteiger charge is 2.61. The Labute approximate surface area is 176 Å². The van der Waals surface area contributed by atoms with Crippen LogP contribution in [0.15, 0.2) is 18.2 Å². The van der Waals surface area contributed by atoms with E-state index in [1.807, 2.05) is 34.6 Å². The third kappa shape index (κ3) is 3.06. The largest absolute Gasteiger partial charge is 0.444 e. The van der Waals surface area contributed by atoms with Gasteiger partial charge in [-0.25, -0.2) is 4.79 Å². The second-order valence-corrected chi connectivity index (χ2v) is 10.5. The van der Waals surface area contributed by atoms with Crippen molar-refractivity contribution in [3.63, 3.8) is 0 Å². The summed E-state index contributed by atoms with van der Waals surface area (Å²) in [6, 6.07) is 6.33. The molecule has 0 bridgehead atoms. The highest BCUT2D eigenvalue weighted by atomic mass is 16.6. The molecule has 3 atom stereocenters. The van der Waals surface area contributed by atoms with Gasteiger partial charge >= 0.3 is 6.09 Å². The SMILES string of the molecule is CC(C)(C)OC(=O)N1C[C@@H]2C(C(=O)NC(C)(C)c3nn4c5c(cccc35)CC4)[C@@H]2C1. The minimum Gasteiger partial charge on any atom is -0.444 e. The molecule has 5 rings (SSSR count). The van der Waals surface area contributed by atoms with Crippen LogP contribution < -0.4 is 5.32 Å². The highest BCUT2D eigenvalue weighted by Crippen LogP contribution is 2.52. The van der Waals surface area contributed by atoms with Crippen LogP contribution in [0.4, 0.5) is 4.79 Å². The van der Waals surface area contributed by atoms with Crippen molar-refractivity contribution in [1.82, 2.24) is 20.0 Å². The van der Waals surface area contributed by atoms with E-state index >= 15 is 0 Å². The summed E-state index contributed by atoms with van der Waals surface area (Å²) in [7, 11) is 0. The van der Waals surface area contributed by atoms with Crippen LogP contribution in [0.5, 0.6) is 0 Å². The summed E-state index contributed by atoms with van der Waals surface area (Å²) in [5, 5.41) is 9.21. The normalized spacial score (nSPS) is 24.8. The van der Waals surface area contributed by atoms with E-state index in [1.165, 1.54) is 11.1 Å². The van der Waals surface area contributed by atoms with Gasteiger partial charge in [-0.3, -0.25) is 9.48 Å². The molecule has 0 spiro atoms. The van der Waals surface area contributed by atoms with Crippen LogP contribution in [-0.4, -0.2) is 45.4 Å². The van der Waals surface area contributed by atoms with E-state index in [0.717, 1.165) is 24.0 Å². The first kappa shape index (κ1) is 19.4. The van der Waals surface area contributed by atoms with Gasteiger partial charge in [-0.2, -0.15) is 5.10 Å². The molecule has 7 nitrogen and oxygen atoms in total. The van der Waals surface area contributed by atoms with E-state index < -0.39 is 11.1 Å². The van der Waals surface area contributed by atoms with Gasteiger partial charge in [-0.15, -0.1) is 0 Å². The number of benzene rings is 1. The second-order valence-electron chi connectivity index (χ2n) is 10.5. The smallest absolute Gasteiger partial charge is 0.410 e. The van der Waals surface area contributed by atoms with Gasteiger partial charge in [0.1, 0.15) is 5.60 Å². The van der Waals surface area contributed by atoms with Crippen molar-refractivity contribution in [2.45, 2.75) is 58.7 Å². The maximum atomic E-state index is 13.1. The van der Waals surface area contributed by atoms with E-state index in [4.69, 9.17) is 9.84 Å². The number of aryl methyl sites for hydroxylation is 2. The van der Waals surface area contributed by atoms with Gasteiger partial charge in [0.15, 0.2) is 0 Å². The molecule has 1 saturated heterocycles. The first-order valence-electron chi connectivity index (χ1n) is 10.8. The number of hydrogen-bond acceptors (Lipinski definition) is 4. The van der Waals surface area contributed by atoms with E-state index in [9.17, 15) is 9.59 Å². The van der Waals surface area contributed by atoms with Gasteiger partial charge in [-0.1, -0.05) is 18.2 Å². The van der Waals surface area contributed by atoms with Crippen LogP contribution >= 0.6 is 0 Å². The van der Waals surface area contributed by atoms with Crippen molar-refractivity contribution in [3.8, 4) is 0 Å². The fourth-order valence-corrected chi connectivity index (χ4v) is 5.20. The number of amides is 2. The van der Waals surface area contributed by atoms with Crippen LogP contribution in [0.1, 0.15) is 45.9 Å². The summed E-state index contributed by atoms with van der Waals surface area (Å²) in [4.78, 5) is 27.1. The molecule has 1 aromatic carbocycles. The topological polar surface area (TPSA) is 76.5 Å². The molecule has 30 heavy (non-hydrogen) atoms. The maximum absolute atomic E-state index is 13.1. The van der Waals surface area contributed by atoms with Gasteiger partial charge in [0.25, 0.3) is 0 Å². The minimum absolute atomic E-state index is 0.0280. The fraction of sp³-hybridized carbons (Fsp3) is 0.609. The quantitative estimate of drug-likeness (QED) is 0.844. The van der Waals surface area contributed by atoms with Crippen LogP contribution in [0.2, 0.25) is 0 Å². The number of nitrogens with one attached hydrogen (secondary N) is 1. The average Bonchev–Trinajstić information content (AvgIpc) is 3.03. The number of hydrogen-bond donors (Lipinski definition) is 1. The van der Waals surface area contributed by atoms with Crippen molar-refractivity contribution in [2.24, 2.45) is 17.8 Å². The molecule has 160 valence electrons. The Morgan fingerprint density at radius 3 is 2.50 bits per heavy atom. The van der Waals surface area contributed by atoms with E-state index in [-0.39, 0.29) is 29.8 Å². The summed E-state index contributed by atoms with van der Waals surface area (Å²) in [6.45, 7) is 11.7. The molecule has 2 aliphatic heterocycles. The molecule has 1 N–H and O–H groups in total. The minimum atomic E-state index is -0.557. The third-order valence-corrected chi connectivity index (χ3v) is 6.62. The molecule has 1 aliphatic carbocycles. The Morgan fingerprint density at radius 1 is 1.13 bits per heavy atom. The first-order chi connectivity index (χ1) is 14.0. The number of aromatic nitrogens is 2. The number of ether oxygens (including phenoxy) is 1. The molecule has 0 radical (unpaired) electrons. The number of likely N-dealkylation sites (tertiary alicyclic amines) is 1. The predicted octanol–water partition coefficient (Wildman–Crippen LogP) is 3.06. The highest BCUT2D eigenvalue weighted by molar-refractivity contribution is 5.89. The molecule has 1 unspecified atom stereocenters. The van der Waals surface area contributed by atoms with Crippen LogP contribution in [0.3, 0.4) is 0 Å². The number of carbonyl (C=O) groups is 2. The summed E-state index contributed by atoms with van der Waals surface area (Å²) in [5.74, 6) is 0.496. The molecule has 2 amide bonds. The Bertz CT molecular complexity index is 1040. The standard InChI is InChI=1S/C23H30N4O3/c1-22(2,3)30-21(29)26-11-15-16(12-26)17(15)20(28)24-23(4,5)19-14-8-6-7-13-9-10-27(25-19)18(13)14/h6-8,15-17H,9-12H2,1-5H3,(H,24,28)/t15-,16+,17?. The van der Waals surface area contributed by atoms with E-state index in [1.54, 1.807) is 4.90 Å². The fourth-order valence-electron chi connectivity index (χ4n) is 5.20. The Kier molecular flexibility index (Phi) is 4.02. The Morgan fingerprint density at radius 2 is 1.83 bits per heavy atom. The van der Waals surface area contributed by atoms with Crippen molar-refractivity contribution in [3.05, 3.63) is 29.5 Å². The Hall–Kier alpha value is -2.57. The monoisotopic (exact) mass is 410 g/mol. The van der Waals surface area contributed by atoms with E-state index in [0.29, 0.717) is 13.1 Å². The van der Waals surface area contributed by atoms with E-state index in [2.05, 4.69) is 28.2 Å². The molecule has 1 aromatic heterocycles. The number of carbonyl (C=O) groups excluding carboxylic acids is 2. The van der Waals surface area contributed by atoms with Crippen molar-refractivity contribution < 1.29 is 14.3 Å². The van der Waals surface area contributed by atoms with Gasteiger partial charge < -0.3 is 15.0 Å². The molecule has 3 heterocycles. The summed E-state index contributed by atoms with van der Waals surface area (Å²) < 4.78 is 7.53. The first-order valence-corrected chi connectivity index (χ1v) is 10.8. The maximum Gasteiger partial charge on any atom is 0.410 e. The lowest BCUT2D eigenvalue weighted by Gasteiger charge is -2.27. The molecular weight excluding hydrogens is 380 g/mol. The van der Waals surface area contributed by atoms with Gasteiger partial charge in [0, 0.05) is 30.9 Å². The van der Waals surface area contributed by atoms with Crippen molar-refractivity contribution in [1.29, 1.82) is 0 Å². The average molecular weight is 411 g/mol. The zero-order valence-corrected chi connectivity index (χ0v) is 18.4. The zero-order valence-electron chi connectivity index (χ0n) is 18.4. The van der Waals surface area contributed by atoms with Crippen LogP contribution in [0.25, 0.3) is 10.9 Å². The molecule has 3 aliphatic rings.